The zero-order valence-electron chi connectivity index (χ0n) is 15.6. The summed E-state index contributed by atoms with van der Waals surface area (Å²) in [6, 6.07) is 13.0. The molecule has 0 amide bonds. The number of hydrogen-bond acceptors (Lipinski definition) is 5. The summed E-state index contributed by atoms with van der Waals surface area (Å²) in [5, 5.41) is 11.1. The molecule has 0 fully saturated rings. The maximum Gasteiger partial charge on any atom is 0.270 e. The largest absolute Gasteiger partial charge is 0.463 e. The van der Waals surface area contributed by atoms with Gasteiger partial charge >= 0.3 is 0 Å². The van der Waals surface area contributed by atoms with E-state index in [1.165, 1.54) is 11.6 Å². The summed E-state index contributed by atoms with van der Waals surface area (Å²) >= 11 is 0. The summed E-state index contributed by atoms with van der Waals surface area (Å²) in [6.07, 6.45) is 3.95. The summed E-state index contributed by atoms with van der Waals surface area (Å²) in [6.45, 7) is 5.57. The first kappa shape index (κ1) is 17.5. The number of fused-ring (bicyclic) bond motifs is 2. The SMILES string of the molecule is COCCN1c2ccccc2C(C)(C)C12C=Cc1cc([N+](=O)[O-])ccc1O2. The van der Waals surface area contributed by atoms with Crippen LogP contribution in [-0.2, 0) is 10.2 Å². The average molecular weight is 366 g/mol. The van der Waals surface area contributed by atoms with E-state index in [9.17, 15) is 10.1 Å². The second-order valence-electron chi connectivity index (χ2n) is 7.40. The Morgan fingerprint density at radius 3 is 2.74 bits per heavy atom. The van der Waals surface area contributed by atoms with Gasteiger partial charge in [0.25, 0.3) is 5.69 Å². The molecule has 2 aromatic carbocycles. The minimum absolute atomic E-state index is 0.0585. The van der Waals surface area contributed by atoms with Crippen LogP contribution in [0.2, 0.25) is 0 Å². The van der Waals surface area contributed by atoms with Crippen LogP contribution >= 0.6 is 0 Å². The number of ether oxygens (including phenoxy) is 2. The minimum atomic E-state index is -0.724. The topological polar surface area (TPSA) is 64.8 Å². The van der Waals surface area contributed by atoms with Crippen LogP contribution in [0.5, 0.6) is 5.75 Å². The Kier molecular flexibility index (Phi) is 3.96. The molecule has 27 heavy (non-hydrogen) atoms. The van der Waals surface area contributed by atoms with Gasteiger partial charge in [0.2, 0.25) is 5.72 Å². The number of hydrogen-bond donors (Lipinski definition) is 0. The van der Waals surface area contributed by atoms with Gasteiger partial charge in [0.15, 0.2) is 0 Å². The number of nitro benzene ring substituents is 1. The van der Waals surface area contributed by atoms with Gasteiger partial charge in [0, 0.05) is 37.0 Å². The van der Waals surface area contributed by atoms with Crippen molar-refractivity contribution in [3.63, 3.8) is 0 Å². The molecule has 0 radical (unpaired) electrons. The van der Waals surface area contributed by atoms with E-state index in [-0.39, 0.29) is 11.1 Å². The van der Waals surface area contributed by atoms with Crippen LogP contribution in [0.1, 0.15) is 25.0 Å². The molecule has 2 aliphatic rings. The molecule has 1 spiro atoms. The van der Waals surface area contributed by atoms with Gasteiger partial charge < -0.3 is 14.4 Å². The highest BCUT2D eigenvalue weighted by Crippen LogP contribution is 2.54. The monoisotopic (exact) mass is 366 g/mol. The number of para-hydroxylation sites is 1. The molecule has 0 saturated carbocycles. The van der Waals surface area contributed by atoms with Crippen molar-refractivity contribution in [1.29, 1.82) is 0 Å². The zero-order chi connectivity index (χ0) is 19.2. The maximum absolute atomic E-state index is 11.1. The molecule has 6 heteroatoms. The Hall–Kier alpha value is -2.86. The van der Waals surface area contributed by atoms with Crippen molar-refractivity contribution in [3.8, 4) is 5.75 Å². The molecular weight excluding hydrogens is 344 g/mol. The summed E-state index contributed by atoms with van der Waals surface area (Å²) in [5.74, 6) is 0.645. The van der Waals surface area contributed by atoms with E-state index in [2.05, 4.69) is 30.9 Å². The van der Waals surface area contributed by atoms with E-state index in [0.29, 0.717) is 24.5 Å². The second kappa shape index (κ2) is 6.09. The van der Waals surface area contributed by atoms with Crippen LogP contribution in [0.15, 0.2) is 48.5 Å². The van der Waals surface area contributed by atoms with Gasteiger partial charge in [0.1, 0.15) is 5.75 Å². The lowest BCUT2D eigenvalue weighted by Crippen LogP contribution is -2.60. The van der Waals surface area contributed by atoms with E-state index in [1.807, 2.05) is 24.3 Å². The second-order valence-corrected chi connectivity index (χ2v) is 7.40. The Morgan fingerprint density at radius 1 is 1.22 bits per heavy atom. The summed E-state index contributed by atoms with van der Waals surface area (Å²) in [5.41, 5.74) is 2.05. The molecule has 0 N–H and O–H groups in total. The molecule has 0 saturated heterocycles. The Balaban J connectivity index is 1.83. The molecule has 1 atom stereocenters. The van der Waals surface area contributed by atoms with Crippen LogP contribution < -0.4 is 9.64 Å². The molecule has 2 aliphatic heterocycles. The lowest BCUT2D eigenvalue weighted by atomic mass is 9.76. The fourth-order valence-electron chi connectivity index (χ4n) is 4.17. The van der Waals surface area contributed by atoms with Crippen molar-refractivity contribution < 1.29 is 14.4 Å². The smallest absolute Gasteiger partial charge is 0.270 e. The predicted molar refractivity (Wildman–Crippen MR) is 104 cm³/mol. The van der Waals surface area contributed by atoms with Crippen LogP contribution in [0, 0.1) is 10.1 Å². The van der Waals surface area contributed by atoms with E-state index in [0.717, 1.165) is 5.69 Å². The Morgan fingerprint density at radius 2 is 2.00 bits per heavy atom. The van der Waals surface area contributed by atoms with Crippen molar-refractivity contribution in [1.82, 2.24) is 0 Å². The summed E-state index contributed by atoms with van der Waals surface area (Å²) < 4.78 is 11.9. The predicted octanol–water partition coefficient (Wildman–Crippen LogP) is 4.14. The van der Waals surface area contributed by atoms with Crippen molar-refractivity contribution in [2.45, 2.75) is 25.0 Å². The van der Waals surface area contributed by atoms with Crippen LogP contribution in [0.4, 0.5) is 11.4 Å². The molecule has 0 aromatic heterocycles. The van der Waals surface area contributed by atoms with E-state index in [4.69, 9.17) is 9.47 Å². The molecule has 2 aromatic rings. The van der Waals surface area contributed by atoms with Gasteiger partial charge in [-0.05, 0) is 43.7 Å². The van der Waals surface area contributed by atoms with Crippen molar-refractivity contribution in [2.75, 3.05) is 25.2 Å². The number of nitrogens with zero attached hydrogens (tertiary/aromatic N) is 2. The summed E-state index contributed by atoms with van der Waals surface area (Å²) in [4.78, 5) is 12.9. The molecule has 4 rings (SSSR count). The highest BCUT2D eigenvalue weighted by atomic mass is 16.6. The number of rotatable bonds is 4. The highest BCUT2D eigenvalue weighted by molar-refractivity contribution is 5.73. The van der Waals surface area contributed by atoms with Crippen LogP contribution in [0.25, 0.3) is 6.08 Å². The third-order valence-electron chi connectivity index (χ3n) is 5.64. The Bertz CT molecular complexity index is 938. The number of non-ortho nitro benzene ring substituents is 1. The molecular formula is C21H22N2O4. The first-order chi connectivity index (χ1) is 12.9. The van der Waals surface area contributed by atoms with Crippen molar-refractivity contribution in [2.24, 2.45) is 0 Å². The fourth-order valence-corrected chi connectivity index (χ4v) is 4.17. The van der Waals surface area contributed by atoms with Crippen LogP contribution in [0.3, 0.4) is 0 Å². The van der Waals surface area contributed by atoms with E-state index >= 15 is 0 Å². The average Bonchev–Trinajstić information content (AvgIpc) is 2.84. The normalized spacial score (nSPS) is 21.7. The van der Waals surface area contributed by atoms with Gasteiger partial charge in [0.05, 0.1) is 16.9 Å². The van der Waals surface area contributed by atoms with E-state index < -0.39 is 10.6 Å². The third-order valence-corrected chi connectivity index (χ3v) is 5.64. The van der Waals surface area contributed by atoms with Gasteiger partial charge in [-0.2, -0.15) is 0 Å². The Labute approximate surface area is 158 Å². The molecule has 0 bridgehead atoms. The first-order valence-electron chi connectivity index (χ1n) is 8.93. The molecule has 6 nitrogen and oxygen atoms in total. The summed E-state index contributed by atoms with van der Waals surface area (Å²) in [7, 11) is 1.69. The third kappa shape index (κ3) is 2.44. The standard InChI is InChI=1S/C21H22N2O4/c1-20(2)17-6-4-5-7-18(17)22(12-13-26-3)21(20)11-10-15-14-16(23(24)25)8-9-19(15)27-21/h4-11,14H,12-13H2,1-3H3. The number of anilines is 1. The van der Waals surface area contributed by atoms with E-state index in [1.54, 1.807) is 19.2 Å². The lowest BCUT2D eigenvalue weighted by molar-refractivity contribution is -0.384. The maximum atomic E-state index is 11.1. The highest BCUT2D eigenvalue weighted by Gasteiger charge is 2.58. The molecule has 0 aliphatic carbocycles. The van der Waals surface area contributed by atoms with Crippen LogP contribution in [-0.4, -0.2) is 30.9 Å². The molecule has 2 heterocycles. The fraction of sp³-hybridized carbons (Fsp3) is 0.333. The number of nitro groups is 1. The lowest BCUT2D eigenvalue weighted by Gasteiger charge is -2.47. The van der Waals surface area contributed by atoms with Crippen molar-refractivity contribution in [3.05, 3.63) is 69.8 Å². The number of methoxy groups -OCH3 is 1. The van der Waals surface area contributed by atoms with Gasteiger partial charge in [-0.1, -0.05) is 18.2 Å². The van der Waals surface area contributed by atoms with Gasteiger partial charge in [-0.25, -0.2) is 0 Å². The molecule has 1 unspecified atom stereocenters. The quantitative estimate of drug-likeness (QED) is 0.601. The van der Waals surface area contributed by atoms with Gasteiger partial charge in [-0.15, -0.1) is 0 Å². The van der Waals surface area contributed by atoms with Gasteiger partial charge in [-0.3, -0.25) is 10.1 Å². The zero-order valence-corrected chi connectivity index (χ0v) is 15.6. The van der Waals surface area contributed by atoms with Crippen molar-refractivity contribution >= 4 is 17.5 Å². The number of benzene rings is 2. The minimum Gasteiger partial charge on any atom is -0.463 e. The first-order valence-corrected chi connectivity index (χ1v) is 8.93. The molecule has 140 valence electrons.